The monoisotopic (exact) mass is 1370 g/mol. The molecule has 0 saturated heterocycles. The summed E-state index contributed by atoms with van der Waals surface area (Å²) in [4.78, 5) is 55.0. The minimum atomic E-state index is 0.630. The molecule has 0 N–H and O–H groups in total. The van der Waals surface area contributed by atoms with Gasteiger partial charge in [-0.05, 0) is 41.5 Å². The van der Waals surface area contributed by atoms with E-state index in [0.29, 0.717) is 58.2 Å². The van der Waals surface area contributed by atoms with Crippen LogP contribution in [0.1, 0.15) is 0 Å². The van der Waals surface area contributed by atoms with Crippen LogP contribution in [0.5, 0.6) is 0 Å². The molecule has 0 unspecified atom stereocenters. The smallest absolute Gasteiger partial charge is 0.165 e. The third kappa shape index (κ3) is 12.5. The Morgan fingerprint density at radius 1 is 0.163 bits per heavy atom. The number of hydrogen-bond acceptors (Lipinski definition) is 13. The number of rotatable bonds is 13. The Morgan fingerprint density at radius 2 is 0.413 bits per heavy atom. The summed E-state index contributed by atoms with van der Waals surface area (Å²) in [5.74, 6) is 6.49. The zero-order valence-electron chi connectivity index (χ0n) is 55.6. The number of thiophene rings is 2. The lowest BCUT2D eigenvalue weighted by molar-refractivity contribution is 1.07. The van der Waals surface area contributed by atoms with Crippen molar-refractivity contribution in [2.45, 2.75) is 0 Å². The van der Waals surface area contributed by atoms with Gasteiger partial charge in [-0.2, -0.15) is 0 Å². The molecule has 19 rings (SSSR count). The Balaban J connectivity index is 0.000000149. The van der Waals surface area contributed by atoms with E-state index in [2.05, 4.69) is 127 Å². The Morgan fingerprint density at radius 3 is 0.760 bits per heavy atom. The maximum Gasteiger partial charge on any atom is 0.165 e. The first-order chi connectivity index (χ1) is 51.5. The molecule has 0 spiro atoms. The Bertz CT molecular complexity index is 6080. The van der Waals surface area contributed by atoms with E-state index in [-0.39, 0.29) is 0 Å². The lowest BCUT2D eigenvalue weighted by atomic mass is 9.97. The molecule has 0 aliphatic carbocycles. The fourth-order valence-corrected chi connectivity index (χ4v) is 15.6. The third-order valence-electron chi connectivity index (χ3n) is 18.2. The van der Waals surface area contributed by atoms with Crippen LogP contribution in [0.25, 0.3) is 188 Å². The number of aromatic nitrogens is 11. The van der Waals surface area contributed by atoms with Gasteiger partial charge in [0.15, 0.2) is 58.2 Å². The van der Waals surface area contributed by atoms with Gasteiger partial charge >= 0.3 is 0 Å². The minimum Gasteiger partial charge on any atom is -0.228 e. The molecule has 0 amide bonds. The van der Waals surface area contributed by atoms with E-state index in [9.17, 15) is 0 Å². The molecule has 0 bridgehead atoms. The highest BCUT2D eigenvalue weighted by atomic mass is 32.1. The molecule has 11 nitrogen and oxygen atoms in total. The second-order valence-electron chi connectivity index (χ2n) is 24.8. The molecule has 0 saturated carbocycles. The lowest BCUT2D eigenvalue weighted by Gasteiger charge is -2.11. The number of benzene rings is 13. The molecule has 104 heavy (non-hydrogen) atoms. The molecule has 6 heterocycles. The first kappa shape index (κ1) is 62.6. The molecule has 19 aromatic rings. The van der Waals surface area contributed by atoms with Crippen molar-refractivity contribution in [2.24, 2.45) is 0 Å². The third-order valence-corrected chi connectivity index (χ3v) is 20.6. The van der Waals surface area contributed by atoms with Gasteiger partial charge in [-0.25, -0.2) is 54.8 Å². The van der Waals surface area contributed by atoms with Crippen LogP contribution in [0.3, 0.4) is 0 Å². The quantitative estimate of drug-likeness (QED) is 0.109. The SMILES string of the molecule is c1ccc(-c2cc(-c3cccc4sc5c(-c6nc(-c7ccccc7)nc(-c7ccccc7)n6)cccc5c34)nc(-c3ccccc3)n2)cc1.c1ccc(-c2nc(-c3ccccc3)nc(-c3ccc(-c4cccc5sc6c(-c7nc(-c8ccccc8)nc(-c8ccccc8)n7)cccc6c45)cc3)n2)cc1. The van der Waals surface area contributed by atoms with Gasteiger partial charge in [0.1, 0.15) is 0 Å². The Hall–Kier alpha value is -13.6. The molecule has 13 aromatic carbocycles. The fourth-order valence-electron chi connectivity index (χ4n) is 13.2. The highest BCUT2D eigenvalue weighted by Crippen LogP contribution is 2.46. The molecule has 13 heteroatoms. The van der Waals surface area contributed by atoms with Crippen molar-refractivity contribution in [2.75, 3.05) is 0 Å². The number of hydrogen-bond donors (Lipinski definition) is 0. The van der Waals surface area contributed by atoms with Gasteiger partial charge in [0.05, 0.1) is 11.4 Å². The van der Waals surface area contributed by atoms with Crippen LogP contribution >= 0.6 is 22.7 Å². The maximum atomic E-state index is 5.17. The standard InChI is InChI=1S/C48H30N6S.C43H27N5S/c1-5-15-32(16-6-1)43-49-44(33-17-7-2-8-18-33)51-47(50-43)36-29-27-31(28-30-36)37-23-14-26-40-41(37)38-24-13-25-39(42(38)55-40)48-53-45(34-19-9-3-10-20-34)52-46(54-48)35-21-11-4-12-22-35;1-5-15-28(16-6-1)35-27-36(45-40(44-35)29-17-7-2-8-18-29)32-23-14-26-37-38(32)33-24-13-25-34(39(33)49-37)43-47-41(30-19-9-3-10-20-30)46-42(48-43)31-21-11-4-12-22-31/h1-30H;1-27H. The van der Waals surface area contributed by atoms with Gasteiger partial charge < -0.3 is 0 Å². The van der Waals surface area contributed by atoms with Crippen LogP contribution in [0.2, 0.25) is 0 Å². The van der Waals surface area contributed by atoms with Gasteiger partial charge in [-0.3, -0.25) is 0 Å². The van der Waals surface area contributed by atoms with Crippen molar-refractivity contribution in [3.8, 4) is 148 Å². The van der Waals surface area contributed by atoms with Crippen molar-refractivity contribution in [1.29, 1.82) is 0 Å². The minimum absolute atomic E-state index is 0.630. The summed E-state index contributed by atoms with van der Waals surface area (Å²) >= 11 is 3.52. The Kier molecular flexibility index (Phi) is 16.8. The van der Waals surface area contributed by atoms with Crippen LogP contribution in [0, 0.1) is 0 Å². The molecular weight excluding hydrogens is 1310 g/mol. The average Bonchev–Trinajstić information content (AvgIpc) is 1.59. The van der Waals surface area contributed by atoms with Crippen molar-refractivity contribution < 1.29 is 0 Å². The number of nitrogens with zero attached hydrogens (tertiary/aromatic N) is 11. The zero-order valence-corrected chi connectivity index (χ0v) is 57.3. The van der Waals surface area contributed by atoms with E-state index in [1.165, 1.54) is 14.8 Å². The van der Waals surface area contributed by atoms with E-state index < -0.39 is 0 Å². The molecule has 0 atom stereocenters. The lowest BCUT2D eigenvalue weighted by Crippen LogP contribution is -2.00. The second-order valence-corrected chi connectivity index (χ2v) is 26.9. The Labute approximate surface area is 607 Å². The highest BCUT2D eigenvalue weighted by molar-refractivity contribution is 7.27. The van der Waals surface area contributed by atoms with Crippen molar-refractivity contribution in [1.82, 2.24) is 54.8 Å². The molecule has 0 radical (unpaired) electrons. The normalized spacial score (nSPS) is 11.3. The second kappa shape index (κ2) is 27.8. The molecule has 6 aromatic heterocycles. The van der Waals surface area contributed by atoms with E-state index in [1.54, 1.807) is 22.7 Å². The maximum absolute atomic E-state index is 5.17. The predicted molar refractivity (Wildman–Crippen MR) is 425 cm³/mol. The summed E-state index contributed by atoms with van der Waals surface area (Å²) in [5.41, 5.74) is 15.7. The van der Waals surface area contributed by atoms with Crippen LogP contribution in [-0.4, -0.2) is 54.8 Å². The topological polar surface area (TPSA) is 142 Å². The van der Waals surface area contributed by atoms with Crippen LogP contribution in [-0.2, 0) is 0 Å². The van der Waals surface area contributed by atoms with Crippen molar-refractivity contribution >= 4 is 63.0 Å². The van der Waals surface area contributed by atoms with Crippen molar-refractivity contribution in [3.05, 3.63) is 346 Å². The molecule has 0 aliphatic rings. The first-order valence-electron chi connectivity index (χ1n) is 34.1. The summed E-state index contributed by atoms with van der Waals surface area (Å²) in [6.45, 7) is 0. The molecule has 0 aliphatic heterocycles. The summed E-state index contributed by atoms with van der Waals surface area (Å²) in [7, 11) is 0. The summed E-state index contributed by atoms with van der Waals surface area (Å²) < 4.78 is 4.62. The van der Waals surface area contributed by atoms with Crippen LogP contribution < -0.4 is 0 Å². The molecule has 0 fully saturated rings. The largest absolute Gasteiger partial charge is 0.228 e. The van der Waals surface area contributed by atoms with Crippen LogP contribution in [0.15, 0.2) is 346 Å². The fraction of sp³-hybridized carbons (Fsp3) is 0. The van der Waals surface area contributed by atoms with Gasteiger partial charge in [-0.1, -0.05) is 315 Å². The zero-order chi connectivity index (χ0) is 69.1. The van der Waals surface area contributed by atoms with Gasteiger partial charge in [0.25, 0.3) is 0 Å². The van der Waals surface area contributed by atoms with Gasteiger partial charge in [-0.15, -0.1) is 22.7 Å². The van der Waals surface area contributed by atoms with E-state index >= 15 is 0 Å². The van der Waals surface area contributed by atoms with Gasteiger partial charge in [0, 0.05) is 107 Å². The predicted octanol–water partition coefficient (Wildman–Crippen LogP) is 23.1. The first-order valence-corrected chi connectivity index (χ1v) is 35.8. The van der Waals surface area contributed by atoms with E-state index in [4.69, 9.17) is 54.8 Å². The van der Waals surface area contributed by atoms with Gasteiger partial charge in [0.2, 0.25) is 0 Å². The van der Waals surface area contributed by atoms with Crippen LogP contribution in [0.4, 0.5) is 0 Å². The van der Waals surface area contributed by atoms with Crippen molar-refractivity contribution in [3.63, 3.8) is 0 Å². The summed E-state index contributed by atoms with van der Waals surface area (Å²) in [5, 5.41) is 4.66. The highest BCUT2D eigenvalue weighted by Gasteiger charge is 2.23. The average molecular weight is 1370 g/mol. The molecular formula is C91H57N11S2. The van der Waals surface area contributed by atoms with E-state index in [1.807, 2.05) is 218 Å². The summed E-state index contributed by atoms with van der Waals surface area (Å²) in [6, 6.07) is 117. The molecule has 488 valence electrons. The number of fused-ring (bicyclic) bond motifs is 6. The van der Waals surface area contributed by atoms with E-state index in [0.717, 1.165) is 115 Å². The summed E-state index contributed by atoms with van der Waals surface area (Å²) in [6.07, 6.45) is 0.